The topological polar surface area (TPSA) is 73.9 Å². The third-order valence-electron chi connectivity index (χ3n) is 2.57. The minimum Gasteiger partial charge on any atom is -0.491 e. The quantitative estimate of drug-likeness (QED) is 0.668. The van der Waals surface area contributed by atoms with Gasteiger partial charge in [0, 0.05) is 0 Å². The summed E-state index contributed by atoms with van der Waals surface area (Å²) in [6.45, 7) is 7.73. The first-order chi connectivity index (χ1) is 10.2. The van der Waals surface area contributed by atoms with Crippen molar-refractivity contribution in [3.8, 4) is 5.75 Å². The minimum atomic E-state index is -0.542. The Kier molecular flexibility index (Phi) is 6.22. The van der Waals surface area contributed by atoms with Gasteiger partial charge in [-0.3, -0.25) is 0 Å². The SMILES string of the molecule is COC(=O)c1cc(C)ccc1OCCNC(=O)OC(C)(C)C. The van der Waals surface area contributed by atoms with Crippen molar-refractivity contribution in [2.24, 2.45) is 0 Å². The summed E-state index contributed by atoms with van der Waals surface area (Å²) in [6, 6.07) is 5.24. The molecule has 22 heavy (non-hydrogen) atoms. The standard InChI is InChI=1S/C16H23NO5/c1-11-6-7-13(12(10-11)14(18)20-5)21-9-8-17-15(19)22-16(2,3)4/h6-7,10H,8-9H2,1-5H3,(H,17,19). The van der Waals surface area contributed by atoms with Crippen LogP contribution in [0.3, 0.4) is 0 Å². The number of carbonyl (C=O) groups is 2. The fraction of sp³-hybridized carbons (Fsp3) is 0.500. The highest BCUT2D eigenvalue weighted by Gasteiger charge is 2.16. The summed E-state index contributed by atoms with van der Waals surface area (Å²) in [4.78, 5) is 23.2. The predicted molar refractivity (Wildman–Crippen MR) is 82.3 cm³/mol. The van der Waals surface area contributed by atoms with Crippen LogP contribution < -0.4 is 10.1 Å². The van der Waals surface area contributed by atoms with Crippen LogP contribution in [0.1, 0.15) is 36.7 Å². The van der Waals surface area contributed by atoms with Crippen LogP contribution in [-0.4, -0.2) is 37.9 Å². The van der Waals surface area contributed by atoms with Gasteiger partial charge in [-0.25, -0.2) is 9.59 Å². The Labute approximate surface area is 130 Å². The molecule has 1 aromatic carbocycles. The van der Waals surface area contributed by atoms with Crippen LogP contribution in [0.2, 0.25) is 0 Å². The first-order valence-corrected chi connectivity index (χ1v) is 7.01. The van der Waals surface area contributed by atoms with Gasteiger partial charge in [0.1, 0.15) is 23.5 Å². The van der Waals surface area contributed by atoms with Gasteiger partial charge in [-0.15, -0.1) is 0 Å². The van der Waals surface area contributed by atoms with Crippen molar-refractivity contribution in [1.29, 1.82) is 0 Å². The van der Waals surface area contributed by atoms with Crippen molar-refractivity contribution in [2.75, 3.05) is 20.3 Å². The molecule has 0 aliphatic rings. The lowest BCUT2D eigenvalue weighted by molar-refractivity contribution is 0.0516. The smallest absolute Gasteiger partial charge is 0.407 e. The zero-order valence-electron chi connectivity index (χ0n) is 13.7. The van der Waals surface area contributed by atoms with Crippen LogP contribution >= 0.6 is 0 Å². The number of esters is 1. The van der Waals surface area contributed by atoms with Crippen LogP contribution in [-0.2, 0) is 9.47 Å². The Morgan fingerprint density at radius 1 is 1.23 bits per heavy atom. The molecule has 1 aromatic rings. The summed E-state index contributed by atoms with van der Waals surface area (Å²) in [6.07, 6.45) is -0.506. The molecule has 0 atom stereocenters. The lowest BCUT2D eigenvalue weighted by atomic mass is 10.1. The third-order valence-corrected chi connectivity index (χ3v) is 2.57. The first kappa shape index (κ1) is 17.8. The molecular weight excluding hydrogens is 286 g/mol. The van der Waals surface area contributed by atoms with Gasteiger partial charge < -0.3 is 19.5 Å². The Bertz CT molecular complexity index is 534. The van der Waals surface area contributed by atoms with Crippen LogP contribution in [0, 0.1) is 6.92 Å². The van der Waals surface area contributed by atoms with Crippen molar-refractivity contribution in [1.82, 2.24) is 5.32 Å². The molecule has 0 radical (unpaired) electrons. The Morgan fingerprint density at radius 3 is 2.50 bits per heavy atom. The maximum absolute atomic E-state index is 11.7. The average molecular weight is 309 g/mol. The first-order valence-electron chi connectivity index (χ1n) is 7.01. The third kappa shape index (κ3) is 6.03. The summed E-state index contributed by atoms with van der Waals surface area (Å²) in [5, 5.41) is 2.58. The van der Waals surface area contributed by atoms with Crippen LogP contribution in [0.4, 0.5) is 4.79 Å². The van der Waals surface area contributed by atoms with E-state index < -0.39 is 17.7 Å². The molecule has 0 heterocycles. The number of carbonyl (C=O) groups excluding carboxylic acids is 2. The number of benzene rings is 1. The molecule has 1 amide bonds. The number of rotatable bonds is 5. The van der Waals surface area contributed by atoms with Gasteiger partial charge in [-0.2, -0.15) is 0 Å². The number of nitrogens with one attached hydrogen (secondary N) is 1. The molecule has 0 fully saturated rings. The Balaban J connectivity index is 2.52. The molecule has 6 nitrogen and oxygen atoms in total. The summed E-state index contributed by atoms with van der Waals surface area (Å²) in [5.41, 5.74) is 0.749. The molecule has 0 aliphatic heterocycles. The van der Waals surface area contributed by atoms with E-state index in [0.29, 0.717) is 11.3 Å². The van der Waals surface area contributed by atoms with Crippen molar-refractivity contribution >= 4 is 12.1 Å². The fourth-order valence-corrected chi connectivity index (χ4v) is 1.67. The second-order valence-corrected chi connectivity index (χ2v) is 5.77. The lowest BCUT2D eigenvalue weighted by Gasteiger charge is -2.19. The van der Waals surface area contributed by atoms with E-state index in [9.17, 15) is 9.59 Å². The van der Waals surface area contributed by atoms with E-state index in [1.165, 1.54) is 7.11 Å². The van der Waals surface area contributed by atoms with Gasteiger partial charge in [0.15, 0.2) is 0 Å². The number of alkyl carbamates (subject to hydrolysis) is 1. The highest BCUT2D eigenvalue weighted by molar-refractivity contribution is 5.92. The number of methoxy groups -OCH3 is 1. The summed E-state index contributed by atoms with van der Waals surface area (Å²) in [5.74, 6) is -0.0396. The van der Waals surface area contributed by atoms with Gasteiger partial charge in [0.05, 0.1) is 13.7 Å². The van der Waals surface area contributed by atoms with E-state index in [4.69, 9.17) is 14.2 Å². The van der Waals surface area contributed by atoms with Gasteiger partial charge in [0.2, 0.25) is 0 Å². The largest absolute Gasteiger partial charge is 0.491 e. The zero-order valence-corrected chi connectivity index (χ0v) is 13.7. The normalized spacial score (nSPS) is 10.8. The van der Waals surface area contributed by atoms with E-state index >= 15 is 0 Å². The fourth-order valence-electron chi connectivity index (χ4n) is 1.67. The van der Waals surface area contributed by atoms with Gasteiger partial charge >= 0.3 is 12.1 Å². The van der Waals surface area contributed by atoms with Crippen LogP contribution in [0.15, 0.2) is 18.2 Å². The maximum atomic E-state index is 11.7. The van der Waals surface area contributed by atoms with Crippen molar-refractivity contribution in [3.63, 3.8) is 0 Å². The number of aryl methyl sites for hydroxylation is 1. The van der Waals surface area contributed by atoms with E-state index in [2.05, 4.69) is 5.32 Å². The predicted octanol–water partition coefficient (Wildman–Crippen LogP) is 2.69. The number of hydrogen-bond donors (Lipinski definition) is 1. The number of hydrogen-bond acceptors (Lipinski definition) is 5. The van der Waals surface area contributed by atoms with Gasteiger partial charge in [0.25, 0.3) is 0 Å². The summed E-state index contributed by atoms with van der Waals surface area (Å²) in [7, 11) is 1.32. The molecule has 0 aliphatic carbocycles. The lowest BCUT2D eigenvalue weighted by Crippen LogP contribution is -2.34. The van der Waals surface area contributed by atoms with E-state index in [1.807, 2.05) is 13.0 Å². The Hall–Kier alpha value is -2.24. The van der Waals surface area contributed by atoms with E-state index in [-0.39, 0.29) is 13.2 Å². The molecule has 0 aromatic heterocycles. The molecule has 122 valence electrons. The molecular formula is C16H23NO5. The van der Waals surface area contributed by atoms with Gasteiger partial charge in [-0.05, 0) is 39.8 Å². The monoisotopic (exact) mass is 309 g/mol. The molecule has 6 heteroatoms. The van der Waals surface area contributed by atoms with Crippen molar-refractivity contribution in [2.45, 2.75) is 33.3 Å². The Morgan fingerprint density at radius 2 is 1.91 bits per heavy atom. The second kappa shape index (κ2) is 7.68. The second-order valence-electron chi connectivity index (χ2n) is 5.77. The number of amides is 1. The molecule has 0 unspecified atom stereocenters. The molecule has 1 rings (SSSR count). The minimum absolute atomic E-state index is 0.215. The molecule has 0 bridgehead atoms. The molecule has 0 spiro atoms. The number of ether oxygens (including phenoxy) is 3. The van der Waals surface area contributed by atoms with E-state index in [0.717, 1.165) is 5.56 Å². The highest BCUT2D eigenvalue weighted by atomic mass is 16.6. The van der Waals surface area contributed by atoms with Crippen LogP contribution in [0.5, 0.6) is 5.75 Å². The van der Waals surface area contributed by atoms with Crippen molar-refractivity contribution in [3.05, 3.63) is 29.3 Å². The summed E-state index contributed by atoms with van der Waals surface area (Å²) >= 11 is 0. The average Bonchev–Trinajstić information content (AvgIpc) is 2.42. The zero-order chi connectivity index (χ0) is 16.8. The summed E-state index contributed by atoms with van der Waals surface area (Å²) < 4.78 is 15.4. The van der Waals surface area contributed by atoms with Crippen molar-refractivity contribution < 1.29 is 23.8 Å². The highest BCUT2D eigenvalue weighted by Crippen LogP contribution is 2.20. The molecule has 0 saturated carbocycles. The van der Waals surface area contributed by atoms with E-state index in [1.54, 1.807) is 32.9 Å². The van der Waals surface area contributed by atoms with Crippen LogP contribution in [0.25, 0.3) is 0 Å². The van der Waals surface area contributed by atoms with Gasteiger partial charge in [-0.1, -0.05) is 11.6 Å². The maximum Gasteiger partial charge on any atom is 0.407 e. The molecule has 0 saturated heterocycles. The molecule has 1 N–H and O–H groups in total.